The summed E-state index contributed by atoms with van der Waals surface area (Å²) in [6, 6.07) is 11.6. The van der Waals surface area contributed by atoms with Gasteiger partial charge < -0.3 is 35.2 Å². The highest BCUT2D eigenvalue weighted by molar-refractivity contribution is 7.17. The number of para-hydroxylation sites is 1. The van der Waals surface area contributed by atoms with E-state index in [-0.39, 0.29) is 11.8 Å². The SMILES string of the molecule is C=CC(=O)N1CCN(c2ncc(-c3ccc(OC)c(Nc4ncc(C(=O)Nc5c(C)cccc5Cl)s4)n3)cc2N(CC2(O)CC2)C2CC2)CC1. The predicted octanol–water partition coefficient (Wildman–Crippen LogP) is 5.89. The Morgan fingerprint density at radius 2 is 1.94 bits per heavy atom. The third-order valence-electron chi connectivity index (χ3n) is 9.29. The van der Waals surface area contributed by atoms with Crippen molar-refractivity contribution >= 4 is 62.9 Å². The molecule has 3 aromatic heterocycles. The van der Waals surface area contributed by atoms with Gasteiger partial charge in [-0.3, -0.25) is 9.59 Å². The van der Waals surface area contributed by atoms with Gasteiger partial charge in [-0.25, -0.2) is 15.0 Å². The molecule has 2 amide bonds. The second-order valence-corrected chi connectivity index (χ2v) is 14.4. The first-order chi connectivity index (χ1) is 24.1. The molecule has 12 nitrogen and oxygen atoms in total. The number of aromatic nitrogens is 3. The molecule has 3 aliphatic rings. The number of hydrogen-bond donors (Lipinski definition) is 3. The first-order valence-corrected chi connectivity index (χ1v) is 17.8. The maximum Gasteiger partial charge on any atom is 0.267 e. The number of nitrogens with one attached hydrogen (secondary N) is 2. The van der Waals surface area contributed by atoms with Crippen LogP contribution in [0.2, 0.25) is 5.02 Å². The number of halogens is 1. The fraction of sp³-hybridized carbons (Fsp3) is 0.361. The number of ether oxygens (including phenoxy) is 1. The number of benzene rings is 1. The number of carbonyl (C=O) groups is 2. The Balaban J connectivity index is 1.16. The number of carbonyl (C=O) groups excluding carboxylic acids is 2. The number of aliphatic hydroxyl groups is 1. The minimum absolute atomic E-state index is 0.0665. The first-order valence-electron chi connectivity index (χ1n) is 16.6. The van der Waals surface area contributed by atoms with Crippen LogP contribution in [0.5, 0.6) is 5.75 Å². The molecule has 0 radical (unpaired) electrons. The molecule has 0 atom stereocenters. The molecule has 4 aromatic rings. The van der Waals surface area contributed by atoms with Gasteiger partial charge in [-0.1, -0.05) is 41.6 Å². The molecule has 1 aliphatic heterocycles. The fourth-order valence-corrected chi connectivity index (χ4v) is 7.07. The van der Waals surface area contributed by atoms with Crippen LogP contribution < -0.4 is 25.2 Å². The van der Waals surface area contributed by atoms with Crippen LogP contribution in [-0.2, 0) is 4.79 Å². The number of aryl methyl sites for hydroxylation is 1. The second kappa shape index (κ2) is 13.9. The van der Waals surface area contributed by atoms with Crippen LogP contribution in [0.25, 0.3) is 11.3 Å². The molecule has 1 saturated heterocycles. The maximum absolute atomic E-state index is 13.1. The summed E-state index contributed by atoms with van der Waals surface area (Å²) >= 11 is 7.50. The molecule has 2 saturated carbocycles. The van der Waals surface area contributed by atoms with Crippen LogP contribution in [0.3, 0.4) is 0 Å². The van der Waals surface area contributed by atoms with Crippen molar-refractivity contribution in [1.29, 1.82) is 0 Å². The highest BCUT2D eigenvalue weighted by Crippen LogP contribution is 2.44. The molecule has 260 valence electrons. The lowest BCUT2D eigenvalue weighted by atomic mass is 10.1. The molecule has 0 unspecified atom stereocenters. The molecule has 3 N–H and O–H groups in total. The predicted molar refractivity (Wildman–Crippen MR) is 197 cm³/mol. The van der Waals surface area contributed by atoms with Gasteiger partial charge in [0.2, 0.25) is 5.91 Å². The van der Waals surface area contributed by atoms with Crippen LogP contribution >= 0.6 is 22.9 Å². The molecule has 50 heavy (non-hydrogen) atoms. The molecule has 7 rings (SSSR count). The molecular weight excluding hydrogens is 676 g/mol. The second-order valence-electron chi connectivity index (χ2n) is 13.0. The highest BCUT2D eigenvalue weighted by atomic mass is 35.5. The Bertz CT molecular complexity index is 1920. The summed E-state index contributed by atoms with van der Waals surface area (Å²) in [7, 11) is 1.57. The number of thiazole rings is 1. The van der Waals surface area contributed by atoms with E-state index >= 15 is 0 Å². The molecule has 2 aliphatic carbocycles. The van der Waals surface area contributed by atoms with Crippen molar-refractivity contribution in [1.82, 2.24) is 19.9 Å². The van der Waals surface area contributed by atoms with Crippen LogP contribution in [-0.4, -0.2) is 88.2 Å². The Hall–Kier alpha value is -4.72. The monoisotopic (exact) mass is 714 g/mol. The Kier molecular flexibility index (Phi) is 9.38. The van der Waals surface area contributed by atoms with Crippen molar-refractivity contribution in [3.05, 3.63) is 76.9 Å². The van der Waals surface area contributed by atoms with Crippen molar-refractivity contribution in [3.8, 4) is 17.0 Å². The van der Waals surface area contributed by atoms with Gasteiger partial charge in [0, 0.05) is 50.5 Å². The molecular formula is C36H39ClN8O4S. The lowest BCUT2D eigenvalue weighted by Gasteiger charge is -2.38. The normalized spacial score (nSPS) is 16.5. The third kappa shape index (κ3) is 7.25. The standard InChI is InChI=1S/C36H39ClN8O4S/c1-4-30(46)43-14-16-44(17-15-43)33-27(45(24-8-9-24)21-36(48)12-13-36)18-23(19-38-33)26-10-11-28(49-3)32(40-26)42-35-39-20-29(50-35)34(47)41-31-22(2)6-5-7-25(31)37/h4-7,10-11,18-20,24,48H,1,8-9,12-17,21H2,2-3H3,(H,41,47)(H,39,40,42). The summed E-state index contributed by atoms with van der Waals surface area (Å²) in [6.45, 7) is 8.50. The number of rotatable bonds is 12. The molecule has 0 bridgehead atoms. The quantitative estimate of drug-likeness (QED) is 0.152. The van der Waals surface area contributed by atoms with E-state index in [1.807, 2.05) is 37.4 Å². The smallest absolute Gasteiger partial charge is 0.267 e. The third-order valence-corrected chi connectivity index (χ3v) is 10.5. The largest absolute Gasteiger partial charge is 0.493 e. The number of methoxy groups -OCH3 is 1. The zero-order chi connectivity index (χ0) is 35.0. The number of nitrogens with zero attached hydrogens (tertiary/aromatic N) is 6. The number of hydrogen-bond acceptors (Lipinski definition) is 11. The minimum atomic E-state index is -0.684. The van der Waals surface area contributed by atoms with Crippen LogP contribution in [0.1, 0.15) is 40.9 Å². The van der Waals surface area contributed by atoms with E-state index in [0.717, 1.165) is 48.3 Å². The molecule has 1 aromatic carbocycles. The van der Waals surface area contributed by atoms with E-state index < -0.39 is 5.60 Å². The minimum Gasteiger partial charge on any atom is -0.493 e. The van der Waals surface area contributed by atoms with Crippen LogP contribution in [0.15, 0.2) is 61.4 Å². The summed E-state index contributed by atoms with van der Waals surface area (Å²) in [5.41, 5.74) is 3.16. The lowest BCUT2D eigenvalue weighted by molar-refractivity contribution is -0.126. The van der Waals surface area contributed by atoms with Gasteiger partial charge in [-0.15, -0.1) is 0 Å². The molecule has 4 heterocycles. The van der Waals surface area contributed by atoms with Gasteiger partial charge in [0.25, 0.3) is 5.91 Å². The van der Waals surface area contributed by atoms with Gasteiger partial charge in [-0.05, 0) is 68.5 Å². The van der Waals surface area contributed by atoms with Crippen molar-refractivity contribution in [2.24, 2.45) is 0 Å². The number of anilines is 5. The summed E-state index contributed by atoms with van der Waals surface area (Å²) in [4.78, 5) is 46.4. The van der Waals surface area contributed by atoms with Crippen molar-refractivity contribution < 1.29 is 19.4 Å². The first kappa shape index (κ1) is 33.8. The summed E-state index contributed by atoms with van der Waals surface area (Å²) in [5.74, 6) is 1.40. The Morgan fingerprint density at radius 3 is 2.62 bits per heavy atom. The fourth-order valence-electron chi connectivity index (χ4n) is 6.09. The summed E-state index contributed by atoms with van der Waals surface area (Å²) in [5, 5.41) is 18.1. The average molecular weight is 715 g/mol. The molecule has 3 fully saturated rings. The topological polar surface area (TPSA) is 136 Å². The van der Waals surface area contributed by atoms with Gasteiger partial charge in [-0.2, -0.15) is 0 Å². The van der Waals surface area contributed by atoms with Crippen LogP contribution in [0.4, 0.5) is 28.1 Å². The zero-order valence-electron chi connectivity index (χ0n) is 28.0. The number of amides is 2. The van der Waals surface area contributed by atoms with E-state index in [1.54, 1.807) is 18.1 Å². The Morgan fingerprint density at radius 1 is 1.16 bits per heavy atom. The summed E-state index contributed by atoms with van der Waals surface area (Å²) in [6.07, 6.45) is 8.37. The lowest BCUT2D eigenvalue weighted by Crippen LogP contribution is -2.49. The Labute approximate surface area is 299 Å². The van der Waals surface area contributed by atoms with Crippen molar-refractivity contribution in [3.63, 3.8) is 0 Å². The van der Waals surface area contributed by atoms with E-state index in [2.05, 4.69) is 38.1 Å². The van der Waals surface area contributed by atoms with Crippen LogP contribution in [0, 0.1) is 6.92 Å². The maximum atomic E-state index is 13.1. The van der Waals surface area contributed by atoms with E-state index in [1.165, 1.54) is 23.6 Å². The van der Waals surface area contributed by atoms with Crippen molar-refractivity contribution in [2.75, 3.05) is 60.3 Å². The highest BCUT2D eigenvalue weighted by Gasteiger charge is 2.45. The van der Waals surface area contributed by atoms with Crippen molar-refractivity contribution in [2.45, 2.75) is 44.2 Å². The molecule has 0 spiro atoms. The average Bonchev–Trinajstić information content (AvgIpc) is 4.06. The number of piperazine rings is 1. The van der Waals surface area contributed by atoms with Gasteiger partial charge in [0.15, 0.2) is 22.5 Å². The number of pyridine rings is 2. The van der Waals surface area contributed by atoms with E-state index in [4.69, 9.17) is 26.3 Å². The van der Waals surface area contributed by atoms with E-state index in [0.29, 0.717) is 76.7 Å². The van der Waals surface area contributed by atoms with Gasteiger partial charge in [0.1, 0.15) is 4.88 Å². The summed E-state index contributed by atoms with van der Waals surface area (Å²) < 4.78 is 5.63. The molecule has 14 heteroatoms. The van der Waals surface area contributed by atoms with E-state index in [9.17, 15) is 14.7 Å². The van der Waals surface area contributed by atoms with Gasteiger partial charge in [0.05, 0.1) is 41.0 Å². The zero-order valence-corrected chi connectivity index (χ0v) is 29.6. The van der Waals surface area contributed by atoms with Gasteiger partial charge >= 0.3 is 0 Å².